The highest BCUT2D eigenvalue weighted by atomic mass is 16.4. The molecule has 0 fully saturated rings. The molecule has 4 aromatic rings. The molecule has 1 N–H and O–H groups in total. The molecule has 0 saturated heterocycles. The van der Waals surface area contributed by atoms with Crippen molar-refractivity contribution < 1.29 is 9.52 Å². The molecule has 0 radical (unpaired) electrons. The SMILES string of the molecule is Cc1nnc(-c2cccc(-c3c(C)c4cc5c(cc4oc3=O)CCCC5)c2)c2c1CCC(O)CCC2. The van der Waals surface area contributed by atoms with Crippen LogP contribution in [0.15, 0.2) is 45.6 Å². The zero-order chi connectivity index (χ0) is 24.8. The molecule has 1 atom stereocenters. The zero-order valence-corrected chi connectivity index (χ0v) is 21.1. The van der Waals surface area contributed by atoms with E-state index in [9.17, 15) is 9.90 Å². The maximum atomic E-state index is 13.2. The van der Waals surface area contributed by atoms with Crippen molar-refractivity contribution in [1.82, 2.24) is 10.2 Å². The van der Waals surface area contributed by atoms with Crippen LogP contribution in [0.5, 0.6) is 0 Å². The summed E-state index contributed by atoms with van der Waals surface area (Å²) in [5, 5.41) is 20.3. The summed E-state index contributed by atoms with van der Waals surface area (Å²) in [5.74, 6) is 0. The molecular weight excluding hydrogens is 448 g/mol. The van der Waals surface area contributed by atoms with Crippen LogP contribution in [0.1, 0.15) is 65.6 Å². The zero-order valence-electron chi connectivity index (χ0n) is 21.1. The van der Waals surface area contributed by atoms with E-state index in [1.807, 2.05) is 32.0 Å². The van der Waals surface area contributed by atoms with Crippen LogP contribution < -0.4 is 5.63 Å². The molecule has 1 unspecified atom stereocenters. The first kappa shape index (κ1) is 23.1. The Balaban J connectivity index is 1.48. The number of rotatable bonds is 2. The van der Waals surface area contributed by atoms with Gasteiger partial charge in [-0.1, -0.05) is 18.2 Å². The monoisotopic (exact) mass is 480 g/mol. The predicted octanol–water partition coefficient (Wildman–Crippen LogP) is 6.04. The number of hydrogen-bond donors (Lipinski definition) is 1. The summed E-state index contributed by atoms with van der Waals surface area (Å²) in [6, 6.07) is 12.4. The van der Waals surface area contributed by atoms with Crippen LogP contribution in [0.3, 0.4) is 0 Å². The Labute approximate surface area is 211 Å². The molecule has 5 nitrogen and oxygen atoms in total. The second kappa shape index (κ2) is 9.29. The van der Waals surface area contributed by atoms with Crippen molar-refractivity contribution in [3.05, 3.63) is 80.3 Å². The highest BCUT2D eigenvalue weighted by Crippen LogP contribution is 2.35. The lowest BCUT2D eigenvalue weighted by atomic mass is 9.88. The van der Waals surface area contributed by atoms with Crippen LogP contribution >= 0.6 is 0 Å². The highest BCUT2D eigenvalue weighted by Gasteiger charge is 2.21. The quantitative estimate of drug-likeness (QED) is 0.354. The minimum atomic E-state index is -0.299. The maximum absolute atomic E-state index is 13.2. The average molecular weight is 481 g/mol. The van der Waals surface area contributed by atoms with Crippen molar-refractivity contribution in [1.29, 1.82) is 0 Å². The van der Waals surface area contributed by atoms with Crippen molar-refractivity contribution in [2.45, 2.75) is 77.7 Å². The van der Waals surface area contributed by atoms with Gasteiger partial charge in [-0.2, -0.15) is 5.10 Å². The van der Waals surface area contributed by atoms with E-state index < -0.39 is 0 Å². The molecule has 6 rings (SSSR count). The maximum Gasteiger partial charge on any atom is 0.344 e. The van der Waals surface area contributed by atoms with Crippen LogP contribution in [0.25, 0.3) is 33.4 Å². The minimum absolute atomic E-state index is 0.252. The highest BCUT2D eigenvalue weighted by molar-refractivity contribution is 5.88. The fraction of sp³-hybridized carbons (Fsp3) is 0.387. The van der Waals surface area contributed by atoms with Gasteiger partial charge < -0.3 is 9.52 Å². The number of aliphatic hydroxyl groups is 1. The number of fused-ring (bicyclic) bond motifs is 3. The normalized spacial score (nSPS) is 17.8. The van der Waals surface area contributed by atoms with Crippen LogP contribution in [0, 0.1) is 13.8 Å². The van der Waals surface area contributed by atoms with Gasteiger partial charge in [0, 0.05) is 10.9 Å². The van der Waals surface area contributed by atoms with Crippen LogP contribution in [0.2, 0.25) is 0 Å². The summed E-state index contributed by atoms with van der Waals surface area (Å²) in [4.78, 5) is 13.2. The fourth-order valence-electron chi connectivity index (χ4n) is 6.15. The number of nitrogens with zero attached hydrogens (tertiary/aromatic N) is 2. The van der Waals surface area contributed by atoms with Gasteiger partial charge in [0.05, 0.1) is 23.1 Å². The standard InChI is InChI=1S/C31H32N2O3/c1-18-27-16-20-7-3-4-8-21(20)17-28(27)36-31(35)29(18)22-9-5-10-23(15-22)30-26-12-6-11-24(34)13-14-25(26)19(2)32-33-30/h5,9-10,15-17,24,34H,3-4,6-8,11-14H2,1-2H3. The predicted molar refractivity (Wildman–Crippen MR) is 142 cm³/mol. The van der Waals surface area contributed by atoms with Gasteiger partial charge in [-0.15, -0.1) is 5.10 Å². The first-order valence-corrected chi connectivity index (χ1v) is 13.2. The van der Waals surface area contributed by atoms with Crippen molar-refractivity contribution in [3.8, 4) is 22.4 Å². The van der Waals surface area contributed by atoms with Gasteiger partial charge in [0.2, 0.25) is 0 Å². The van der Waals surface area contributed by atoms with Crippen LogP contribution in [0.4, 0.5) is 0 Å². The van der Waals surface area contributed by atoms with Crippen molar-refractivity contribution in [3.63, 3.8) is 0 Å². The van der Waals surface area contributed by atoms with E-state index in [1.165, 1.54) is 35.1 Å². The summed E-state index contributed by atoms with van der Waals surface area (Å²) < 4.78 is 5.88. The Hall–Kier alpha value is -3.31. The summed E-state index contributed by atoms with van der Waals surface area (Å²) in [5.41, 5.74) is 10.7. The van der Waals surface area contributed by atoms with Gasteiger partial charge in [0.1, 0.15) is 5.58 Å². The van der Waals surface area contributed by atoms with Crippen LogP contribution in [-0.4, -0.2) is 21.4 Å². The Kier molecular flexibility index (Phi) is 5.96. The summed E-state index contributed by atoms with van der Waals surface area (Å²) in [6.07, 6.45) is 8.45. The molecule has 0 aliphatic heterocycles. The van der Waals surface area contributed by atoms with Crippen molar-refractivity contribution in [2.75, 3.05) is 0 Å². The lowest BCUT2D eigenvalue weighted by molar-refractivity contribution is 0.150. The molecule has 0 saturated carbocycles. The third-order valence-corrected chi connectivity index (χ3v) is 8.13. The average Bonchev–Trinajstić information content (AvgIpc) is 2.86. The number of hydrogen-bond acceptors (Lipinski definition) is 5. The van der Waals surface area contributed by atoms with E-state index in [-0.39, 0.29) is 11.7 Å². The molecule has 5 heteroatoms. The molecular formula is C31H32N2O3. The Morgan fingerprint density at radius 2 is 1.64 bits per heavy atom. The Morgan fingerprint density at radius 3 is 2.47 bits per heavy atom. The summed E-state index contributed by atoms with van der Waals surface area (Å²) in [6.45, 7) is 4.03. The van der Waals surface area contributed by atoms with E-state index >= 15 is 0 Å². The fourth-order valence-corrected chi connectivity index (χ4v) is 6.15. The molecule has 2 aliphatic rings. The number of benzene rings is 2. The van der Waals surface area contributed by atoms with E-state index in [1.54, 1.807) is 0 Å². The van der Waals surface area contributed by atoms with Gasteiger partial charge in [-0.05, 0) is 123 Å². The molecule has 0 amide bonds. The van der Waals surface area contributed by atoms with E-state index in [0.29, 0.717) is 11.1 Å². The molecule has 36 heavy (non-hydrogen) atoms. The molecule has 2 aromatic heterocycles. The van der Waals surface area contributed by atoms with Crippen molar-refractivity contribution in [2.24, 2.45) is 0 Å². The van der Waals surface area contributed by atoms with Gasteiger partial charge in [0.15, 0.2) is 0 Å². The van der Waals surface area contributed by atoms with Gasteiger partial charge >= 0.3 is 5.63 Å². The number of aliphatic hydroxyl groups excluding tert-OH is 1. The molecule has 2 heterocycles. The lowest BCUT2D eigenvalue weighted by Gasteiger charge is -2.21. The number of aryl methyl sites for hydroxylation is 4. The third-order valence-electron chi connectivity index (χ3n) is 8.13. The lowest BCUT2D eigenvalue weighted by Crippen LogP contribution is -2.15. The smallest absolute Gasteiger partial charge is 0.344 e. The van der Waals surface area contributed by atoms with E-state index in [2.05, 4.69) is 28.4 Å². The van der Waals surface area contributed by atoms with Crippen LogP contribution in [-0.2, 0) is 25.7 Å². The Morgan fingerprint density at radius 1 is 0.861 bits per heavy atom. The van der Waals surface area contributed by atoms with E-state index in [0.717, 1.165) is 78.4 Å². The second-order valence-electron chi connectivity index (χ2n) is 10.5. The Bertz CT molecular complexity index is 1540. The molecule has 0 bridgehead atoms. The minimum Gasteiger partial charge on any atom is -0.422 e. The van der Waals surface area contributed by atoms with Gasteiger partial charge in [-0.3, -0.25) is 0 Å². The number of aromatic nitrogens is 2. The van der Waals surface area contributed by atoms with Crippen molar-refractivity contribution >= 4 is 11.0 Å². The molecule has 184 valence electrons. The third kappa shape index (κ3) is 4.05. The largest absolute Gasteiger partial charge is 0.422 e. The summed E-state index contributed by atoms with van der Waals surface area (Å²) >= 11 is 0. The first-order chi connectivity index (χ1) is 17.5. The first-order valence-electron chi connectivity index (χ1n) is 13.2. The van der Waals surface area contributed by atoms with Gasteiger partial charge in [0.25, 0.3) is 0 Å². The van der Waals surface area contributed by atoms with Gasteiger partial charge in [-0.25, -0.2) is 4.79 Å². The topological polar surface area (TPSA) is 76.2 Å². The molecule has 2 aromatic carbocycles. The second-order valence-corrected chi connectivity index (χ2v) is 10.5. The molecule has 2 aliphatic carbocycles. The van der Waals surface area contributed by atoms with E-state index in [4.69, 9.17) is 4.42 Å². The molecule has 0 spiro atoms. The summed E-state index contributed by atoms with van der Waals surface area (Å²) in [7, 11) is 0.